The van der Waals surface area contributed by atoms with Crippen LogP contribution in [-0.4, -0.2) is 41.3 Å². The van der Waals surface area contributed by atoms with Crippen molar-refractivity contribution < 1.29 is 9.42 Å². The Morgan fingerprint density at radius 3 is 2.57 bits per heavy atom. The van der Waals surface area contributed by atoms with Gasteiger partial charge in [-0.2, -0.15) is 0 Å². The third kappa shape index (κ3) is 4.30. The lowest BCUT2D eigenvalue weighted by Gasteiger charge is -2.33. The van der Waals surface area contributed by atoms with Crippen LogP contribution in [-0.2, 0) is 6.54 Å². The number of thiocarbonyl (C=S) groups is 1. The van der Waals surface area contributed by atoms with Gasteiger partial charge >= 0.3 is 0 Å². The number of hydrogen-bond acceptors (Lipinski definition) is 3. The molecule has 1 aliphatic rings. The molecule has 0 unspecified atom stereocenters. The van der Waals surface area contributed by atoms with Gasteiger partial charge in [-0.15, -0.1) is 0 Å². The number of quaternary nitrogens is 1. The molecule has 1 saturated heterocycles. The zero-order valence-electron chi connectivity index (χ0n) is 13.6. The van der Waals surface area contributed by atoms with Crippen LogP contribution in [0.4, 0.5) is 5.69 Å². The second-order valence-corrected chi connectivity index (χ2v) is 6.53. The predicted octanol–water partition coefficient (Wildman–Crippen LogP) is 1.39. The summed E-state index contributed by atoms with van der Waals surface area (Å²) >= 11 is 5.54. The summed E-state index contributed by atoms with van der Waals surface area (Å²) in [4.78, 5) is 3.76. The lowest BCUT2D eigenvalue weighted by atomic mass is 10.2. The molecule has 2 aromatic rings. The Kier molecular flexibility index (Phi) is 4.93. The van der Waals surface area contributed by atoms with Crippen LogP contribution in [0.3, 0.4) is 0 Å². The van der Waals surface area contributed by atoms with Gasteiger partial charge in [0.25, 0.3) is 0 Å². The fourth-order valence-electron chi connectivity index (χ4n) is 2.80. The molecule has 2 heterocycles. The highest BCUT2D eigenvalue weighted by molar-refractivity contribution is 7.80. The van der Waals surface area contributed by atoms with Crippen molar-refractivity contribution in [2.45, 2.75) is 20.4 Å². The Bertz CT molecular complexity index is 659. The van der Waals surface area contributed by atoms with Gasteiger partial charge in [-0.25, -0.2) is 0 Å². The standard InChI is InChI=1S/C17H22N4OS/c1-13-3-5-15(6-4-13)18-17(23)21-9-7-20(8-10-21)12-16-11-14(2)22-19-16/h3-6,11H,7-10,12H2,1-2H3,(H,18,23)/p+1. The molecule has 1 fully saturated rings. The number of nitrogens with zero attached hydrogens (tertiary/aromatic N) is 2. The zero-order chi connectivity index (χ0) is 16.2. The van der Waals surface area contributed by atoms with Crippen LogP contribution in [0.15, 0.2) is 34.9 Å². The number of benzene rings is 1. The van der Waals surface area contributed by atoms with E-state index in [0.29, 0.717) is 0 Å². The van der Waals surface area contributed by atoms with Gasteiger partial charge in [0.15, 0.2) is 5.11 Å². The highest BCUT2D eigenvalue weighted by Gasteiger charge is 2.22. The molecule has 0 saturated carbocycles. The molecule has 122 valence electrons. The molecule has 0 aliphatic carbocycles. The van der Waals surface area contributed by atoms with Crippen LogP contribution in [0.1, 0.15) is 17.0 Å². The first-order valence-corrected chi connectivity index (χ1v) is 8.39. The van der Waals surface area contributed by atoms with E-state index < -0.39 is 0 Å². The Balaban J connectivity index is 1.48. The van der Waals surface area contributed by atoms with Crippen LogP contribution < -0.4 is 10.2 Å². The van der Waals surface area contributed by atoms with Crippen molar-refractivity contribution in [3.63, 3.8) is 0 Å². The first-order valence-electron chi connectivity index (χ1n) is 7.98. The maximum Gasteiger partial charge on any atom is 0.173 e. The fraction of sp³-hybridized carbons (Fsp3) is 0.412. The van der Waals surface area contributed by atoms with Gasteiger partial charge < -0.3 is 19.6 Å². The maximum atomic E-state index is 5.54. The van der Waals surface area contributed by atoms with Gasteiger partial charge in [0.2, 0.25) is 0 Å². The average Bonchev–Trinajstić information content (AvgIpc) is 2.95. The summed E-state index contributed by atoms with van der Waals surface area (Å²) < 4.78 is 5.14. The highest BCUT2D eigenvalue weighted by atomic mass is 32.1. The summed E-state index contributed by atoms with van der Waals surface area (Å²) in [6.45, 7) is 8.97. The number of nitrogens with one attached hydrogen (secondary N) is 2. The second-order valence-electron chi connectivity index (χ2n) is 6.14. The SMILES string of the molecule is Cc1ccc(NC(=S)N2CC[NH+](Cc3cc(C)on3)CC2)cc1. The van der Waals surface area contributed by atoms with E-state index in [4.69, 9.17) is 16.7 Å². The van der Waals surface area contributed by atoms with E-state index in [-0.39, 0.29) is 0 Å². The van der Waals surface area contributed by atoms with E-state index >= 15 is 0 Å². The molecule has 23 heavy (non-hydrogen) atoms. The third-order valence-electron chi connectivity index (χ3n) is 4.17. The van der Waals surface area contributed by atoms with E-state index in [1.165, 1.54) is 10.5 Å². The largest absolute Gasteiger partial charge is 0.361 e. The lowest BCUT2D eigenvalue weighted by Crippen LogP contribution is -3.13. The normalized spacial score (nSPS) is 15.7. The average molecular weight is 331 g/mol. The van der Waals surface area contributed by atoms with E-state index in [9.17, 15) is 0 Å². The molecule has 6 heteroatoms. The molecule has 0 bridgehead atoms. The summed E-state index contributed by atoms with van der Waals surface area (Å²) in [5.41, 5.74) is 3.33. The first-order chi connectivity index (χ1) is 11.1. The van der Waals surface area contributed by atoms with Gasteiger partial charge in [-0.1, -0.05) is 22.9 Å². The summed E-state index contributed by atoms with van der Waals surface area (Å²) in [6, 6.07) is 10.3. The van der Waals surface area contributed by atoms with E-state index in [1.807, 2.05) is 13.0 Å². The van der Waals surface area contributed by atoms with Crippen LogP contribution >= 0.6 is 12.2 Å². The highest BCUT2D eigenvalue weighted by Crippen LogP contribution is 2.10. The molecule has 2 N–H and O–H groups in total. The maximum absolute atomic E-state index is 5.54. The smallest absolute Gasteiger partial charge is 0.173 e. The lowest BCUT2D eigenvalue weighted by molar-refractivity contribution is -0.917. The number of piperazine rings is 1. The van der Waals surface area contributed by atoms with Crippen LogP contribution in [0, 0.1) is 13.8 Å². The summed E-state index contributed by atoms with van der Waals surface area (Å²) in [7, 11) is 0. The van der Waals surface area contributed by atoms with E-state index in [0.717, 1.165) is 55.0 Å². The summed E-state index contributed by atoms with van der Waals surface area (Å²) in [5, 5.41) is 8.22. The van der Waals surface area contributed by atoms with Gasteiger partial charge in [-0.05, 0) is 38.2 Å². The molecular formula is C17H23N4OS+. The molecule has 0 radical (unpaired) electrons. The monoisotopic (exact) mass is 331 g/mol. The van der Waals surface area contributed by atoms with Crippen molar-refractivity contribution >= 4 is 23.0 Å². The van der Waals surface area contributed by atoms with Crippen molar-refractivity contribution in [3.05, 3.63) is 47.3 Å². The minimum Gasteiger partial charge on any atom is -0.361 e. The molecule has 5 nitrogen and oxygen atoms in total. The topological polar surface area (TPSA) is 45.7 Å². The van der Waals surface area contributed by atoms with Gasteiger partial charge in [0.1, 0.15) is 18.0 Å². The Morgan fingerprint density at radius 2 is 1.96 bits per heavy atom. The van der Waals surface area contributed by atoms with Crippen LogP contribution in [0.5, 0.6) is 0 Å². The van der Waals surface area contributed by atoms with Crippen LogP contribution in [0.25, 0.3) is 0 Å². The minimum absolute atomic E-state index is 0.810. The van der Waals surface area contributed by atoms with E-state index in [2.05, 4.69) is 46.6 Å². The van der Waals surface area contributed by atoms with Gasteiger partial charge in [0, 0.05) is 11.8 Å². The fourth-order valence-corrected chi connectivity index (χ4v) is 3.10. The molecule has 1 aliphatic heterocycles. The Labute approximate surface area is 142 Å². The molecule has 1 aromatic heterocycles. The number of aromatic nitrogens is 1. The first kappa shape index (κ1) is 16.0. The second kappa shape index (κ2) is 7.10. The number of hydrogen-bond donors (Lipinski definition) is 2. The van der Waals surface area contributed by atoms with Crippen molar-refractivity contribution in [1.29, 1.82) is 0 Å². The number of anilines is 1. The quantitative estimate of drug-likeness (QED) is 0.832. The molecular weight excluding hydrogens is 308 g/mol. The van der Waals surface area contributed by atoms with Crippen molar-refractivity contribution in [1.82, 2.24) is 10.1 Å². The molecule has 3 rings (SSSR count). The van der Waals surface area contributed by atoms with Crippen molar-refractivity contribution in [2.24, 2.45) is 0 Å². The molecule has 0 amide bonds. The van der Waals surface area contributed by atoms with Crippen molar-refractivity contribution in [2.75, 3.05) is 31.5 Å². The molecule has 0 atom stereocenters. The van der Waals surface area contributed by atoms with Gasteiger partial charge in [0.05, 0.1) is 26.2 Å². The van der Waals surface area contributed by atoms with Crippen LogP contribution in [0.2, 0.25) is 0 Å². The third-order valence-corrected chi connectivity index (χ3v) is 4.53. The Morgan fingerprint density at radius 1 is 1.26 bits per heavy atom. The van der Waals surface area contributed by atoms with Crippen molar-refractivity contribution in [3.8, 4) is 0 Å². The predicted molar refractivity (Wildman–Crippen MR) is 94.6 cm³/mol. The van der Waals surface area contributed by atoms with E-state index in [1.54, 1.807) is 0 Å². The zero-order valence-corrected chi connectivity index (χ0v) is 14.4. The number of aryl methyl sites for hydroxylation is 2. The minimum atomic E-state index is 0.810. The molecule has 1 aromatic carbocycles. The number of rotatable bonds is 3. The summed E-state index contributed by atoms with van der Waals surface area (Å²) in [6.07, 6.45) is 0. The molecule has 0 spiro atoms. The van der Waals surface area contributed by atoms with Gasteiger partial charge in [-0.3, -0.25) is 0 Å². The Hall–Kier alpha value is -1.92. The summed E-state index contributed by atoms with van der Waals surface area (Å²) in [5.74, 6) is 0.876.